The quantitative estimate of drug-likeness (QED) is 0.490. The van der Waals surface area contributed by atoms with Crippen LogP contribution in [0.3, 0.4) is 0 Å². The zero-order valence-electron chi connectivity index (χ0n) is 9.43. The first-order valence-corrected chi connectivity index (χ1v) is 6.27. The number of thiol groups is 1. The molecule has 0 amide bonds. The molecule has 0 spiro atoms. The molecule has 1 aromatic rings. The van der Waals surface area contributed by atoms with Gasteiger partial charge in [-0.05, 0) is 18.2 Å². The van der Waals surface area contributed by atoms with Crippen LogP contribution < -0.4 is 4.74 Å². The van der Waals surface area contributed by atoms with Gasteiger partial charge in [-0.3, -0.25) is 10.1 Å². The lowest BCUT2D eigenvalue weighted by molar-refractivity contribution is -0.384. The Kier molecular flexibility index (Phi) is 5.58. The Bertz CT molecular complexity index is 396. The maximum Gasteiger partial charge on any atom is 0.288 e. The first-order valence-electron chi connectivity index (χ1n) is 5.26. The first kappa shape index (κ1) is 14.1. The number of hydrogen-bond acceptors (Lipinski definition) is 4. The minimum absolute atomic E-state index is 0.0893. The van der Waals surface area contributed by atoms with Gasteiger partial charge in [-0.1, -0.05) is 18.5 Å². The van der Waals surface area contributed by atoms with Gasteiger partial charge in [-0.15, -0.1) is 0 Å². The molecule has 0 aliphatic carbocycles. The van der Waals surface area contributed by atoms with Crippen LogP contribution in [0, 0.1) is 16.0 Å². The van der Waals surface area contributed by atoms with Crippen LogP contribution in [-0.4, -0.2) is 17.3 Å². The van der Waals surface area contributed by atoms with Crippen molar-refractivity contribution in [3.05, 3.63) is 33.3 Å². The van der Waals surface area contributed by atoms with Crippen LogP contribution in [0.4, 0.5) is 5.69 Å². The fraction of sp³-hybridized carbons (Fsp3) is 0.455. The van der Waals surface area contributed by atoms with E-state index in [-0.39, 0.29) is 10.7 Å². The van der Waals surface area contributed by atoms with Crippen molar-refractivity contribution >= 4 is 29.9 Å². The molecule has 0 saturated heterocycles. The highest BCUT2D eigenvalue weighted by atomic mass is 35.5. The highest BCUT2D eigenvalue weighted by molar-refractivity contribution is 7.80. The molecular weight excluding hydrogens is 262 g/mol. The summed E-state index contributed by atoms with van der Waals surface area (Å²) in [6.07, 6.45) is 0.976. The fourth-order valence-electron chi connectivity index (χ4n) is 1.24. The topological polar surface area (TPSA) is 52.4 Å². The van der Waals surface area contributed by atoms with Crippen LogP contribution in [-0.2, 0) is 0 Å². The number of nitrogens with zero attached hydrogens (tertiary/aromatic N) is 1. The third kappa shape index (κ3) is 4.09. The molecule has 0 aliphatic heterocycles. The molecule has 0 heterocycles. The normalized spacial score (nSPS) is 12.2. The summed E-state index contributed by atoms with van der Waals surface area (Å²) in [6.45, 7) is 2.60. The lowest BCUT2D eigenvalue weighted by Crippen LogP contribution is -2.12. The summed E-state index contributed by atoms with van der Waals surface area (Å²) in [5.74, 6) is 1.66. The predicted octanol–water partition coefficient (Wildman–Crippen LogP) is 3.58. The molecule has 0 saturated carbocycles. The molecule has 6 heteroatoms. The summed E-state index contributed by atoms with van der Waals surface area (Å²) in [5.41, 5.74) is -0.111. The van der Waals surface area contributed by atoms with Crippen molar-refractivity contribution in [3.8, 4) is 5.75 Å². The summed E-state index contributed by atoms with van der Waals surface area (Å²) < 4.78 is 5.51. The smallest absolute Gasteiger partial charge is 0.288 e. The van der Waals surface area contributed by atoms with Crippen LogP contribution in [0.25, 0.3) is 0 Å². The number of nitro benzene ring substituents is 1. The average molecular weight is 276 g/mol. The van der Waals surface area contributed by atoms with Gasteiger partial charge in [0, 0.05) is 18.1 Å². The van der Waals surface area contributed by atoms with Gasteiger partial charge >= 0.3 is 0 Å². The minimum Gasteiger partial charge on any atom is -0.493 e. The van der Waals surface area contributed by atoms with E-state index in [2.05, 4.69) is 19.6 Å². The first-order chi connectivity index (χ1) is 8.08. The molecule has 0 radical (unpaired) electrons. The van der Waals surface area contributed by atoms with Crippen LogP contribution in [0.15, 0.2) is 18.2 Å². The van der Waals surface area contributed by atoms with E-state index in [1.807, 2.05) is 0 Å². The number of nitro groups is 1. The van der Waals surface area contributed by atoms with Crippen LogP contribution in [0.1, 0.15) is 13.3 Å². The summed E-state index contributed by atoms with van der Waals surface area (Å²) in [5, 5.41) is 10.7. The number of ether oxygens (including phenoxy) is 1. The Balaban J connectivity index is 2.67. The number of halogens is 1. The van der Waals surface area contributed by atoms with Crippen molar-refractivity contribution in [2.24, 2.45) is 5.92 Å². The van der Waals surface area contributed by atoms with Crippen molar-refractivity contribution < 1.29 is 9.66 Å². The van der Waals surface area contributed by atoms with Crippen molar-refractivity contribution in [3.63, 3.8) is 0 Å². The molecule has 17 heavy (non-hydrogen) atoms. The Morgan fingerprint density at radius 2 is 2.29 bits per heavy atom. The zero-order valence-corrected chi connectivity index (χ0v) is 11.1. The van der Waals surface area contributed by atoms with Gasteiger partial charge in [0.1, 0.15) is 10.8 Å². The highest BCUT2D eigenvalue weighted by Crippen LogP contribution is 2.28. The van der Waals surface area contributed by atoms with Gasteiger partial charge in [0.25, 0.3) is 5.69 Å². The highest BCUT2D eigenvalue weighted by Gasteiger charge is 2.13. The summed E-state index contributed by atoms with van der Waals surface area (Å²) >= 11 is 9.98. The molecule has 0 aliphatic rings. The minimum atomic E-state index is -0.519. The van der Waals surface area contributed by atoms with Crippen molar-refractivity contribution in [2.75, 3.05) is 12.4 Å². The molecule has 1 atom stereocenters. The molecule has 0 N–H and O–H groups in total. The van der Waals surface area contributed by atoms with E-state index in [0.717, 1.165) is 12.2 Å². The molecule has 0 bridgehead atoms. The van der Waals surface area contributed by atoms with Gasteiger partial charge in [0.2, 0.25) is 0 Å². The Hall–Kier alpha value is -0.940. The molecule has 0 aromatic heterocycles. The van der Waals surface area contributed by atoms with Gasteiger partial charge in [0.05, 0.1) is 11.5 Å². The van der Waals surface area contributed by atoms with Crippen molar-refractivity contribution in [1.29, 1.82) is 0 Å². The van der Waals surface area contributed by atoms with Gasteiger partial charge in [0.15, 0.2) is 0 Å². The van der Waals surface area contributed by atoms with Crippen molar-refractivity contribution in [1.82, 2.24) is 0 Å². The van der Waals surface area contributed by atoms with Crippen LogP contribution >= 0.6 is 24.2 Å². The second-order valence-corrected chi connectivity index (χ2v) is 4.41. The lowest BCUT2D eigenvalue weighted by atomic mass is 10.1. The van der Waals surface area contributed by atoms with Crippen LogP contribution in [0.5, 0.6) is 5.75 Å². The summed E-state index contributed by atoms with van der Waals surface area (Å²) in [7, 11) is 0. The second kappa shape index (κ2) is 6.71. The second-order valence-electron chi connectivity index (χ2n) is 3.64. The van der Waals surface area contributed by atoms with E-state index < -0.39 is 4.92 Å². The van der Waals surface area contributed by atoms with Gasteiger partial charge < -0.3 is 4.74 Å². The van der Waals surface area contributed by atoms with E-state index in [1.54, 1.807) is 6.07 Å². The predicted molar refractivity (Wildman–Crippen MR) is 71.2 cm³/mol. The molecule has 4 nitrogen and oxygen atoms in total. The van der Waals surface area contributed by atoms with E-state index >= 15 is 0 Å². The Labute approximate surface area is 110 Å². The van der Waals surface area contributed by atoms with E-state index in [9.17, 15) is 10.1 Å². The standard InChI is InChI=1S/C11H14ClNO3S/c1-2-8(7-17)6-16-9-3-4-11(13(14)15)10(12)5-9/h3-5,8,17H,2,6-7H2,1H3. The van der Waals surface area contributed by atoms with E-state index in [0.29, 0.717) is 18.3 Å². The largest absolute Gasteiger partial charge is 0.493 e. The maximum absolute atomic E-state index is 10.6. The summed E-state index contributed by atoms with van der Waals surface area (Å²) in [4.78, 5) is 10.0. The van der Waals surface area contributed by atoms with Crippen LogP contribution in [0.2, 0.25) is 5.02 Å². The zero-order chi connectivity index (χ0) is 12.8. The van der Waals surface area contributed by atoms with Gasteiger partial charge in [-0.25, -0.2) is 0 Å². The monoisotopic (exact) mass is 275 g/mol. The van der Waals surface area contributed by atoms with Gasteiger partial charge in [-0.2, -0.15) is 12.6 Å². The molecule has 1 rings (SSSR count). The maximum atomic E-state index is 10.6. The number of hydrogen-bond donors (Lipinski definition) is 1. The molecule has 1 unspecified atom stereocenters. The number of rotatable bonds is 6. The van der Waals surface area contributed by atoms with E-state index in [1.165, 1.54) is 12.1 Å². The summed E-state index contributed by atoms with van der Waals surface area (Å²) in [6, 6.07) is 4.36. The SMILES string of the molecule is CCC(CS)COc1ccc([N+](=O)[O-])c(Cl)c1. The Morgan fingerprint density at radius 3 is 2.76 bits per heavy atom. The molecule has 1 aromatic carbocycles. The van der Waals surface area contributed by atoms with Crippen molar-refractivity contribution in [2.45, 2.75) is 13.3 Å². The fourth-order valence-corrected chi connectivity index (χ4v) is 1.84. The number of benzene rings is 1. The third-order valence-electron chi connectivity index (χ3n) is 2.44. The Morgan fingerprint density at radius 1 is 1.59 bits per heavy atom. The third-order valence-corrected chi connectivity index (χ3v) is 3.26. The van der Waals surface area contributed by atoms with E-state index in [4.69, 9.17) is 16.3 Å². The molecule has 94 valence electrons. The average Bonchev–Trinajstić information content (AvgIpc) is 2.30. The molecular formula is C11H14ClNO3S. The lowest BCUT2D eigenvalue weighted by Gasteiger charge is -2.13. The molecule has 0 fully saturated rings.